The molecule has 0 amide bonds. The van der Waals surface area contributed by atoms with Gasteiger partial charge >= 0.3 is 5.97 Å². The second-order valence-electron chi connectivity index (χ2n) is 3.75. The Bertz CT molecular complexity index is 241. The molecule has 1 atom stereocenters. The highest BCUT2D eigenvalue weighted by Crippen LogP contribution is 2.22. The van der Waals surface area contributed by atoms with E-state index in [2.05, 4.69) is 19.6 Å². The van der Waals surface area contributed by atoms with Crippen molar-refractivity contribution in [3.05, 3.63) is 24.3 Å². The first-order valence-electron chi connectivity index (χ1n) is 5.17. The fraction of sp³-hybridized carbons (Fsp3) is 0.583. The van der Waals surface area contributed by atoms with E-state index in [1.54, 1.807) is 0 Å². The van der Waals surface area contributed by atoms with Gasteiger partial charge < -0.3 is 4.74 Å². The first-order valence-corrected chi connectivity index (χ1v) is 5.17. The van der Waals surface area contributed by atoms with Gasteiger partial charge in [0.15, 0.2) is 0 Å². The van der Waals surface area contributed by atoms with Gasteiger partial charge in [0.05, 0.1) is 13.0 Å². The van der Waals surface area contributed by atoms with Gasteiger partial charge in [-0.3, -0.25) is 4.79 Å². The Kier molecular flexibility index (Phi) is 4.44. The number of unbranched alkanes of at least 4 members (excludes halogenated alkanes) is 2. The summed E-state index contributed by atoms with van der Waals surface area (Å²) in [5, 5.41) is 0. The van der Waals surface area contributed by atoms with E-state index >= 15 is 0 Å². The van der Waals surface area contributed by atoms with Crippen LogP contribution in [0.4, 0.5) is 0 Å². The van der Waals surface area contributed by atoms with Crippen molar-refractivity contribution in [3.63, 3.8) is 0 Å². The third-order valence-corrected chi connectivity index (χ3v) is 2.58. The first-order chi connectivity index (χ1) is 6.74. The quantitative estimate of drug-likeness (QED) is 0.382. The molecule has 0 aliphatic carbocycles. The minimum Gasteiger partial charge on any atom is -0.465 e. The van der Waals surface area contributed by atoms with Gasteiger partial charge in [-0.1, -0.05) is 17.7 Å². The van der Waals surface area contributed by atoms with E-state index < -0.39 is 0 Å². The van der Waals surface area contributed by atoms with Crippen LogP contribution in [0, 0.1) is 5.92 Å². The number of allylic oxidation sites excluding steroid dienone is 2. The van der Waals surface area contributed by atoms with Crippen LogP contribution in [0.2, 0.25) is 0 Å². The lowest BCUT2D eigenvalue weighted by Crippen LogP contribution is -2.00. The molecule has 0 aromatic heterocycles. The van der Waals surface area contributed by atoms with E-state index in [-0.39, 0.29) is 5.97 Å². The highest BCUT2D eigenvalue weighted by atomic mass is 16.5. The molecule has 0 N–H and O–H groups in total. The Morgan fingerprint density at radius 2 is 2.43 bits per heavy atom. The summed E-state index contributed by atoms with van der Waals surface area (Å²) in [7, 11) is 0. The monoisotopic (exact) mass is 194 g/mol. The number of carbonyl (C=O) groups is 1. The van der Waals surface area contributed by atoms with Gasteiger partial charge in [0, 0.05) is 5.92 Å². The van der Waals surface area contributed by atoms with E-state index in [0.29, 0.717) is 18.9 Å². The standard InChI is InChI=1S/C12H18O2/c1-3-4-5-6-7-10(2)11-8-12(13)14-9-11/h3,7,11H,1,4-6,8-9H2,2H3/b10-7+. The van der Waals surface area contributed by atoms with Crippen molar-refractivity contribution in [1.29, 1.82) is 0 Å². The lowest BCUT2D eigenvalue weighted by atomic mass is 9.98. The predicted octanol–water partition coefficient (Wildman–Crippen LogP) is 2.85. The third-order valence-electron chi connectivity index (χ3n) is 2.58. The van der Waals surface area contributed by atoms with Crippen LogP contribution in [0.3, 0.4) is 0 Å². The molecule has 1 heterocycles. The van der Waals surface area contributed by atoms with Gasteiger partial charge in [0.1, 0.15) is 0 Å². The van der Waals surface area contributed by atoms with Crippen molar-refractivity contribution in [3.8, 4) is 0 Å². The van der Waals surface area contributed by atoms with Crippen molar-refractivity contribution in [1.82, 2.24) is 0 Å². The molecule has 0 saturated carbocycles. The van der Waals surface area contributed by atoms with Crippen molar-refractivity contribution >= 4 is 5.97 Å². The second-order valence-corrected chi connectivity index (χ2v) is 3.75. The molecule has 0 bridgehead atoms. The average molecular weight is 194 g/mol. The summed E-state index contributed by atoms with van der Waals surface area (Å²) in [4.78, 5) is 10.9. The summed E-state index contributed by atoms with van der Waals surface area (Å²) >= 11 is 0. The van der Waals surface area contributed by atoms with E-state index in [4.69, 9.17) is 4.74 Å². The molecule has 1 unspecified atom stereocenters. The van der Waals surface area contributed by atoms with Crippen LogP contribution >= 0.6 is 0 Å². The smallest absolute Gasteiger partial charge is 0.306 e. The van der Waals surface area contributed by atoms with Gasteiger partial charge in [0.2, 0.25) is 0 Å². The molecular formula is C12H18O2. The van der Waals surface area contributed by atoms with Crippen LogP contribution in [0.15, 0.2) is 24.3 Å². The van der Waals surface area contributed by atoms with E-state index in [0.717, 1.165) is 19.3 Å². The summed E-state index contributed by atoms with van der Waals surface area (Å²) in [6.45, 7) is 6.34. The fourth-order valence-electron chi connectivity index (χ4n) is 1.56. The molecule has 0 radical (unpaired) electrons. The highest BCUT2D eigenvalue weighted by Gasteiger charge is 2.24. The Balaban J connectivity index is 2.28. The number of cyclic esters (lactones) is 1. The van der Waals surface area contributed by atoms with Crippen LogP contribution in [-0.2, 0) is 9.53 Å². The predicted molar refractivity (Wildman–Crippen MR) is 56.9 cm³/mol. The van der Waals surface area contributed by atoms with Crippen molar-refractivity contribution in [2.24, 2.45) is 5.92 Å². The summed E-state index contributed by atoms with van der Waals surface area (Å²) in [5.74, 6) is 0.264. The van der Waals surface area contributed by atoms with Gasteiger partial charge in [-0.05, 0) is 26.2 Å². The lowest BCUT2D eigenvalue weighted by molar-refractivity contribution is -0.137. The summed E-state index contributed by atoms with van der Waals surface area (Å²) in [6.07, 6.45) is 7.99. The molecule has 78 valence electrons. The Labute approximate surface area is 85.6 Å². The maximum atomic E-state index is 10.9. The van der Waals surface area contributed by atoms with E-state index in [9.17, 15) is 4.79 Å². The minimum atomic E-state index is -0.0613. The summed E-state index contributed by atoms with van der Waals surface area (Å²) in [6, 6.07) is 0. The van der Waals surface area contributed by atoms with Gasteiger partial charge in [-0.2, -0.15) is 0 Å². The molecule has 0 aromatic carbocycles. The zero-order valence-electron chi connectivity index (χ0n) is 8.79. The molecule has 1 aliphatic heterocycles. The molecule has 1 saturated heterocycles. The van der Waals surface area contributed by atoms with Gasteiger partial charge in [-0.25, -0.2) is 0 Å². The summed E-state index contributed by atoms with van der Waals surface area (Å²) in [5.41, 5.74) is 1.29. The average Bonchev–Trinajstić information content (AvgIpc) is 2.59. The molecular weight excluding hydrogens is 176 g/mol. The van der Waals surface area contributed by atoms with Crippen molar-refractivity contribution in [2.45, 2.75) is 32.6 Å². The molecule has 2 heteroatoms. The molecule has 2 nitrogen and oxygen atoms in total. The Morgan fingerprint density at radius 3 is 3.00 bits per heavy atom. The molecule has 1 aliphatic rings. The number of hydrogen-bond acceptors (Lipinski definition) is 2. The maximum absolute atomic E-state index is 10.9. The number of rotatable bonds is 5. The SMILES string of the molecule is C=CCCC/C=C(\C)C1COC(=O)C1. The Hall–Kier alpha value is -1.05. The third kappa shape index (κ3) is 3.36. The van der Waals surface area contributed by atoms with Crippen LogP contribution in [-0.4, -0.2) is 12.6 Å². The van der Waals surface area contributed by atoms with E-state index in [1.807, 2.05) is 6.08 Å². The van der Waals surface area contributed by atoms with Crippen LogP contribution in [0.25, 0.3) is 0 Å². The molecule has 1 fully saturated rings. The first kappa shape index (κ1) is 11.0. The largest absolute Gasteiger partial charge is 0.465 e. The number of carbonyl (C=O) groups excluding carboxylic acids is 1. The van der Waals surface area contributed by atoms with Crippen LogP contribution in [0.5, 0.6) is 0 Å². The van der Waals surface area contributed by atoms with Crippen molar-refractivity contribution < 1.29 is 9.53 Å². The zero-order valence-corrected chi connectivity index (χ0v) is 8.79. The van der Waals surface area contributed by atoms with Crippen LogP contribution in [0.1, 0.15) is 32.6 Å². The Morgan fingerprint density at radius 1 is 1.64 bits per heavy atom. The summed E-state index contributed by atoms with van der Waals surface area (Å²) < 4.78 is 4.92. The zero-order chi connectivity index (χ0) is 10.4. The topological polar surface area (TPSA) is 26.3 Å². The van der Waals surface area contributed by atoms with Gasteiger partial charge in [0.25, 0.3) is 0 Å². The van der Waals surface area contributed by atoms with Gasteiger partial charge in [-0.15, -0.1) is 6.58 Å². The minimum absolute atomic E-state index is 0.0613. The van der Waals surface area contributed by atoms with Crippen molar-refractivity contribution in [2.75, 3.05) is 6.61 Å². The second kappa shape index (κ2) is 5.63. The number of ether oxygens (including phenoxy) is 1. The number of hydrogen-bond donors (Lipinski definition) is 0. The maximum Gasteiger partial charge on any atom is 0.306 e. The molecule has 0 aromatic rings. The normalized spacial score (nSPS) is 22.2. The molecule has 14 heavy (non-hydrogen) atoms. The molecule has 1 rings (SSSR count). The highest BCUT2D eigenvalue weighted by molar-refractivity contribution is 5.72. The lowest BCUT2D eigenvalue weighted by Gasteiger charge is -2.05. The molecule has 0 spiro atoms. The number of esters is 1. The van der Waals surface area contributed by atoms with E-state index in [1.165, 1.54) is 5.57 Å². The van der Waals surface area contributed by atoms with Crippen LogP contribution < -0.4 is 0 Å². The fourth-order valence-corrected chi connectivity index (χ4v) is 1.56.